The summed E-state index contributed by atoms with van der Waals surface area (Å²) in [5.74, 6) is 0.977. The van der Waals surface area contributed by atoms with E-state index in [4.69, 9.17) is 0 Å². The Morgan fingerprint density at radius 2 is 1.96 bits per heavy atom. The van der Waals surface area contributed by atoms with Crippen LogP contribution in [0.5, 0.6) is 0 Å². The third-order valence-corrected chi connectivity index (χ3v) is 3.59. The van der Waals surface area contributed by atoms with Crippen LogP contribution in [0.15, 0.2) is 42.7 Å². The first kappa shape index (κ1) is 15.9. The summed E-state index contributed by atoms with van der Waals surface area (Å²) in [6.07, 6.45) is 1.73. The summed E-state index contributed by atoms with van der Waals surface area (Å²) in [5.41, 5.74) is 3.99. The van der Waals surface area contributed by atoms with Crippen LogP contribution in [-0.2, 0) is 11.2 Å². The second-order valence-electron chi connectivity index (χ2n) is 5.81. The largest absolute Gasteiger partial charge is 0.310 e. The van der Waals surface area contributed by atoms with E-state index in [2.05, 4.69) is 20.4 Å². The molecule has 1 amide bonds. The molecule has 0 fully saturated rings. The molecule has 3 aromatic rings. The van der Waals surface area contributed by atoms with Gasteiger partial charge >= 0.3 is 0 Å². The molecule has 1 aromatic carbocycles. The number of carbonyl (C=O) groups excluding carboxylic acids is 1. The standard InChI is InChI=1S/C18H19N5O/c1-12-5-4-6-15(7-12)9-18(24)21-16-10-17(20-11-19-16)23-14(3)8-13(2)22-23/h4-8,10-11H,9H2,1-3H3,(H,19,20,21,24). The van der Waals surface area contributed by atoms with E-state index in [1.807, 2.05) is 51.1 Å². The van der Waals surface area contributed by atoms with E-state index in [0.29, 0.717) is 18.1 Å². The molecule has 0 aliphatic rings. The highest BCUT2D eigenvalue weighted by Gasteiger charge is 2.09. The summed E-state index contributed by atoms with van der Waals surface area (Å²) < 4.78 is 1.73. The Hall–Kier alpha value is -3.02. The van der Waals surface area contributed by atoms with E-state index in [1.54, 1.807) is 10.7 Å². The van der Waals surface area contributed by atoms with Gasteiger partial charge in [-0.15, -0.1) is 0 Å². The molecule has 2 heterocycles. The third kappa shape index (κ3) is 3.65. The first-order chi connectivity index (χ1) is 11.5. The minimum Gasteiger partial charge on any atom is -0.310 e. The Labute approximate surface area is 140 Å². The fourth-order valence-electron chi connectivity index (χ4n) is 2.59. The summed E-state index contributed by atoms with van der Waals surface area (Å²) in [6, 6.07) is 11.6. The van der Waals surface area contributed by atoms with E-state index < -0.39 is 0 Å². The van der Waals surface area contributed by atoms with Gasteiger partial charge in [0.1, 0.15) is 12.1 Å². The van der Waals surface area contributed by atoms with Crippen molar-refractivity contribution < 1.29 is 4.79 Å². The number of carbonyl (C=O) groups is 1. The van der Waals surface area contributed by atoms with Crippen LogP contribution in [0.3, 0.4) is 0 Å². The molecular formula is C18H19N5O. The van der Waals surface area contributed by atoms with E-state index in [1.165, 1.54) is 6.33 Å². The summed E-state index contributed by atoms with van der Waals surface area (Å²) >= 11 is 0. The fraction of sp³-hybridized carbons (Fsp3) is 0.222. The van der Waals surface area contributed by atoms with E-state index in [-0.39, 0.29) is 5.91 Å². The van der Waals surface area contributed by atoms with Crippen LogP contribution in [0.4, 0.5) is 5.82 Å². The number of nitrogens with one attached hydrogen (secondary N) is 1. The lowest BCUT2D eigenvalue weighted by molar-refractivity contribution is -0.115. The molecule has 0 saturated carbocycles. The maximum atomic E-state index is 12.2. The SMILES string of the molecule is Cc1cccc(CC(=O)Nc2cc(-n3nc(C)cc3C)ncn2)c1. The normalized spacial score (nSPS) is 10.6. The molecule has 6 heteroatoms. The van der Waals surface area contributed by atoms with Crippen molar-refractivity contribution in [2.45, 2.75) is 27.2 Å². The number of amides is 1. The van der Waals surface area contributed by atoms with Crippen LogP contribution in [0.25, 0.3) is 5.82 Å². The molecule has 2 aromatic heterocycles. The average Bonchev–Trinajstić information content (AvgIpc) is 2.86. The zero-order chi connectivity index (χ0) is 17.1. The quantitative estimate of drug-likeness (QED) is 0.802. The molecule has 0 spiro atoms. The zero-order valence-electron chi connectivity index (χ0n) is 13.9. The average molecular weight is 321 g/mol. The van der Waals surface area contributed by atoms with Gasteiger partial charge in [0.05, 0.1) is 12.1 Å². The van der Waals surface area contributed by atoms with Crippen molar-refractivity contribution in [1.29, 1.82) is 0 Å². The van der Waals surface area contributed by atoms with E-state index in [9.17, 15) is 4.79 Å². The maximum absolute atomic E-state index is 12.2. The lowest BCUT2D eigenvalue weighted by Crippen LogP contribution is -2.16. The van der Waals surface area contributed by atoms with Gasteiger partial charge in [-0.2, -0.15) is 5.10 Å². The topological polar surface area (TPSA) is 72.7 Å². The number of nitrogens with zero attached hydrogens (tertiary/aromatic N) is 4. The third-order valence-electron chi connectivity index (χ3n) is 3.59. The van der Waals surface area contributed by atoms with Crippen molar-refractivity contribution in [3.8, 4) is 5.82 Å². The van der Waals surface area contributed by atoms with Gasteiger partial charge in [-0.1, -0.05) is 29.8 Å². The van der Waals surface area contributed by atoms with Crippen LogP contribution in [-0.4, -0.2) is 25.7 Å². The van der Waals surface area contributed by atoms with Crippen LogP contribution in [0.2, 0.25) is 0 Å². The van der Waals surface area contributed by atoms with Crippen LogP contribution < -0.4 is 5.32 Å². The van der Waals surface area contributed by atoms with Gasteiger partial charge in [-0.3, -0.25) is 4.79 Å². The Morgan fingerprint density at radius 3 is 2.67 bits per heavy atom. The van der Waals surface area contributed by atoms with Gasteiger partial charge in [-0.25, -0.2) is 14.6 Å². The van der Waals surface area contributed by atoms with Crippen molar-refractivity contribution in [2.24, 2.45) is 0 Å². The minimum absolute atomic E-state index is 0.112. The summed E-state index contributed by atoms with van der Waals surface area (Å²) in [5, 5.41) is 7.21. The molecule has 0 atom stereocenters. The second-order valence-corrected chi connectivity index (χ2v) is 5.81. The lowest BCUT2D eigenvalue weighted by Gasteiger charge is -2.07. The Balaban J connectivity index is 1.75. The molecule has 0 radical (unpaired) electrons. The molecule has 122 valence electrons. The Bertz CT molecular complexity index is 885. The molecule has 0 unspecified atom stereocenters. The number of hydrogen-bond donors (Lipinski definition) is 1. The monoisotopic (exact) mass is 321 g/mol. The van der Waals surface area contributed by atoms with Gasteiger partial charge in [0.15, 0.2) is 5.82 Å². The number of aryl methyl sites for hydroxylation is 3. The van der Waals surface area contributed by atoms with Crippen molar-refractivity contribution in [3.63, 3.8) is 0 Å². The van der Waals surface area contributed by atoms with Crippen LogP contribution in [0, 0.1) is 20.8 Å². The van der Waals surface area contributed by atoms with E-state index in [0.717, 1.165) is 22.5 Å². The number of benzene rings is 1. The van der Waals surface area contributed by atoms with Crippen molar-refractivity contribution in [2.75, 3.05) is 5.32 Å². The fourth-order valence-corrected chi connectivity index (χ4v) is 2.59. The first-order valence-electron chi connectivity index (χ1n) is 7.72. The zero-order valence-corrected chi connectivity index (χ0v) is 13.9. The van der Waals surface area contributed by atoms with Gasteiger partial charge in [0.2, 0.25) is 5.91 Å². The number of hydrogen-bond acceptors (Lipinski definition) is 4. The molecule has 1 N–H and O–H groups in total. The molecule has 3 rings (SSSR count). The molecule has 0 aliphatic carbocycles. The molecule has 6 nitrogen and oxygen atoms in total. The first-order valence-corrected chi connectivity index (χ1v) is 7.72. The maximum Gasteiger partial charge on any atom is 0.229 e. The van der Waals surface area contributed by atoms with Gasteiger partial charge < -0.3 is 5.32 Å². The van der Waals surface area contributed by atoms with Crippen molar-refractivity contribution in [3.05, 3.63) is 65.2 Å². The minimum atomic E-state index is -0.112. The molecular weight excluding hydrogens is 302 g/mol. The van der Waals surface area contributed by atoms with Crippen molar-refractivity contribution in [1.82, 2.24) is 19.7 Å². The highest BCUT2D eigenvalue weighted by Crippen LogP contribution is 2.13. The number of anilines is 1. The van der Waals surface area contributed by atoms with Gasteiger partial charge in [0, 0.05) is 11.8 Å². The number of aromatic nitrogens is 4. The highest BCUT2D eigenvalue weighted by atomic mass is 16.1. The Morgan fingerprint density at radius 1 is 1.12 bits per heavy atom. The summed E-state index contributed by atoms with van der Waals surface area (Å²) in [7, 11) is 0. The van der Waals surface area contributed by atoms with Crippen LogP contribution >= 0.6 is 0 Å². The summed E-state index contributed by atoms with van der Waals surface area (Å²) in [6.45, 7) is 5.89. The van der Waals surface area contributed by atoms with Crippen LogP contribution in [0.1, 0.15) is 22.5 Å². The molecule has 24 heavy (non-hydrogen) atoms. The lowest BCUT2D eigenvalue weighted by atomic mass is 10.1. The van der Waals surface area contributed by atoms with Crippen molar-refractivity contribution >= 4 is 11.7 Å². The predicted octanol–water partition coefficient (Wildman–Crippen LogP) is 2.77. The summed E-state index contributed by atoms with van der Waals surface area (Å²) in [4.78, 5) is 20.6. The molecule has 0 saturated heterocycles. The Kier molecular flexibility index (Phi) is 4.37. The second kappa shape index (κ2) is 6.62. The number of rotatable bonds is 4. The molecule has 0 aliphatic heterocycles. The molecule has 0 bridgehead atoms. The van der Waals surface area contributed by atoms with Gasteiger partial charge in [-0.05, 0) is 32.4 Å². The van der Waals surface area contributed by atoms with Gasteiger partial charge in [0.25, 0.3) is 0 Å². The van der Waals surface area contributed by atoms with E-state index >= 15 is 0 Å². The highest BCUT2D eigenvalue weighted by molar-refractivity contribution is 5.91. The predicted molar refractivity (Wildman–Crippen MR) is 92.1 cm³/mol. The smallest absolute Gasteiger partial charge is 0.229 e.